The van der Waals surface area contributed by atoms with Crippen LogP contribution in [0.3, 0.4) is 0 Å². The van der Waals surface area contributed by atoms with Crippen molar-refractivity contribution in [1.29, 1.82) is 0 Å². The van der Waals surface area contributed by atoms with E-state index >= 15 is 0 Å². The number of ether oxygens (including phenoxy) is 1. The lowest BCUT2D eigenvalue weighted by Crippen LogP contribution is -2.26. The second-order valence-electron chi connectivity index (χ2n) is 6.33. The number of halogens is 1. The van der Waals surface area contributed by atoms with E-state index in [0.29, 0.717) is 16.8 Å². The lowest BCUT2D eigenvalue weighted by atomic mass is 10.1. The fourth-order valence-corrected chi connectivity index (χ4v) is 2.72. The van der Waals surface area contributed by atoms with Gasteiger partial charge in [0, 0.05) is 16.8 Å². The van der Waals surface area contributed by atoms with Gasteiger partial charge in [-0.1, -0.05) is 48.5 Å². The van der Waals surface area contributed by atoms with Gasteiger partial charge in [-0.25, -0.2) is 9.18 Å². The molecule has 0 radical (unpaired) electrons. The molecule has 29 heavy (non-hydrogen) atoms. The quantitative estimate of drug-likeness (QED) is 0.494. The normalized spacial score (nSPS) is 11.4. The van der Waals surface area contributed by atoms with Crippen LogP contribution >= 0.6 is 0 Å². The average Bonchev–Trinajstić information content (AvgIpc) is 2.72. The van der Waals surface area contributed by atoms with Crippen LogP contribution in [-0.4, -0.2) is 17.7 Å². The summed E-state index contributed by atoms with van der Waals surface area (Å²) in [5, 5.41) is 2.66. The number of ketones is 1. The highest BCUT2D eigenvalue weighted by atomic mass is 19.1. The first-order chi connectivity index (χ1) is 13.9. The maximum atomic E-state index is 13.4. The van der Waals surface area contributed by atoms with Crippen molar-refractivity contribution in [1.82, 2.24) is 0 Å². The second kappa shape index (κ2) is 8.93. The van der Waals surface area contributed by atoms with Gasteiger partial charge in [0.25, 0.3) is 5.91 Å². The third-order valence-electron chi connectivity index (χ3n) is 4.16. The van der Waals surface area contributed by atoms with Gasteiger partial charge in [-0.05, 0) is 37.3 Å². The maximum absolute atomic E-state index is 13.4. The summed E-state index contributed by atoms with van der Waals surface area (Å²) in [4.78, 5) is 36.9. The van der Waals surface area contributed by atoms with Crippen molar-refractivity contribution in [3.63, 3.8) is 0 Å². The molecule has 0 fully saturated rings. The predicted octanol–water partition coefficient (Wildman–Crippen LogP) is 4.57. The number of carbonyl (C=O) groups is 3. The predicted molar refractivity (Wildman–Crippen MR) is 106 cm³/mol. The lowest BCUT2D eigenvalue weighted by Gasteiger charge is -2.18. The Morgan fingerprint density at radius 2 is 1.55 bits per heavy atom. The summed E-state index contributed by atoms with van der Waals surface area (Å²) in [6.45, 7) is 1.43. The van der Waals surface area contributed by atoms with Crippen LogP contribution < -0.4 is 5.32 Å². The van der Waals surface area contributed by atoms with Crippen molar-refractivity contribution in [2.75, 3.05) is 5.32 Å². The Balaban J connectivity index is 1.85. The SMILES string of the molecule is CC(=O)c1cccc(NC(=O)[C@H](OC(=O)c2cccc(F)c2)c2ccccc2)c1. The summed E-state index contributed by atoms with van der Waals surface area (Å²) in [5.41, 5.74) is 1.29. The molecule has 0 spiro atoms. The van der Waals surface area contributed by atoms with Gasteiger partial charge in [0.2, 0.25) is 6.10 Å². The fraction of sp³-hybridized carbons (Fsp3) is 0.0870. The highest BCUT2D eigenvalue weighted by molar-refractivity contribution is 6.00. The topological polar surface area (TPSA) is 72.5 Å². The monoisotopic (exact) mass is 391 g/mol. The Labute approximate surface area is 167 Å². The summed E-state index contributed by atoms with van der Waals surface area (Å²) in [5.74, 6) is -2.15. The standard InChI is InChI=1S/C23H18FNO4/c1-15(26)17-9-6-12-20(14-17)25-22(27)21(16-7-3-2-4-8-16)29-23(28)18-10-5-11-19(24)13-18/h2-14,21H,1H3,(H,25,27)/t21-/m1/s1. The summed E-state index contributed by atoms with van der Waals surface area (Å²) >= 11 is 0. The molecule has 0 bridgehead atoms. The molecule has 0 aliphatic rings. The molecule has 6 heteroatoms. The zero-order chi connectivity index (χ0) is 20.8. The minimum Gasteiger partial charge on any atom is -0.444 e. The summed E-state index contributed by atoms with van der Waals surface area (Å²) < 4.78 is 18.8. The third-order valence-corrected chi connectivity index (χ3v) is 4.16. The first-order valence-electron chi connectivity index (χ1n) is 8.87. The van der Waals surface area contributed by atoms with Crippen molar-refractivity contribution >= 4 is 23.3 Å². The molecule has 0 aliphatic carbocycles. The molecule has 0 saturated carbocycles. The highest BCUT2D eigenvalue weighted by Crippen LogP contribution is 2.22. The average molecular weight is 391 g/mol. The molecule has 5 nitrogen and oxygen atoms in total. The highest BCUT2D eigenvalue weighted by Gasteiger charge is 2.26. The van der Waals surface area contributed by atoms with Gasteiger partial charge in [0.1, 0.15) is 5.82 Å². The maximum Gasteiger partial charge on any atom is 0.339 e. The number of carbonyl (C=O) groups excluding carboxylic acids is 3. The first-order valence-corrected chi connectivity index (χ1v) is 8.87. The number of amides is 1. The molecule has 1 atom stereocenters. The molecule has 3 aromatic rings. The van der Waals surface area contributed by atoms with Gasteiger partial charge in [0.05, 0.1) is 5.56 Å². The molecule has 1 amide bonds. The van der Waals surface area contributed by atoms with Gasteiger partial charge in [0.15, 0.2) is 5.78 Å². The van der Waals surface area contributed by atoms with Crippen LogP contribution in [0, 0.1) is 5.82 Å². The summed E-state index contributed by atoms with van der Waals surface area (Å²) in [6, 6.07) is 20.0. The Morgan fingerprint density at radius 1 is 0.862 bits per heavy atom. The zero-order valence-electron chi connectivity index (χ0n) is 15.6. The Hall–Kier alpha value is -3.80. The van der Waals surface area contributed by atoms with E-state index in [4.69, 9.17) is 4.74 Å². The van der Waals surface area contributed by atoms with E-state index < -0.39 is 23.8 Å². The molecular formula is C23H18FNO4. The first kappa shape index (κ1) is 19.9. The molecule has 0 saturated heterocycles. The van der Waals surface area contributed by atoms with Crippen molar-refractivity contribution in [2.45, 2.75) is 13.0 Å². The van der Waals surface area contributed by atoms with E-state index in [2.05, 4.69) is 5.32 Å². The van der Waals surface area contributed by atoms with Crippen LogP contribution in [0.1, 0.15) is 39.3 Å². The number of benzene rings is 3. The van der Waals surface area contributed by atoms with E-state index in [1.54, 1.807) is 48.5 Å². The zero-order valence-corrected chi connectivity index (χ0v) is 15.6. The number of rotatable bonds is 6. The largest absolute Gasteiger partial charge is 0.444 e. The van der Waals surface area contributed by atoms with E-state index in [1.807, 2.05) is 0 Å². The number of hydrogen-bond donors (Lipinski definition) is 1. The Morgan fingerprint density at radius 3 is 2.24 bits per heavy atom. The Bertz CT molecular complexity index is 1050. The van der Waals surface area contributed by atoms with Crippen molar-refractivity contribution in [3.05, 3.63) is 101 Å². The molecule has 0 aromatic heterocycles. The van der Waals surface area contributed by atoms with E-state index in [1.165, 1.54) is 31.2 Å². The van der Waals surface area contributed by atoms with Gasteiger partial charge >= 0.3 is 5.97 Å². The van der Waals surface area contributed by atoms with Crippen LogP contribution in [0.15, 0.2) is 78.9 Å². The summed E-state index contributed by atoms with van der Waals surface area (Å²) in [7, 11) is 0. The van der Waals surface area contributed by atoms with Gasteiger partial charge in [-0.3, -0.25) is 9.59 Å². The molecular weight excluding hydrogens is 373 g/mol. The van der Waals surface area contributed by atoms with E-state index in [0.717, 1.165) is 6.07 Å². The number of nitrogens with one attached hydrogen (secondary N) is 1. The molecule has 3 aromatic carbocycles. The summed E-state index contributed by atoms with van der Waals surface area (Å²) in [6.07, 6.45) is -1.26. The van der Waals surface area contributed by atoms with Gasteiger partial charge in [-0.15, -0.1) is 0 Å². The molecule has 146 valence electrons. The molecule has 0 aliphatic heterocycles. The second-order valence-corrected chi connectivity index (χ2v) is 6.33. The van der Waals surface area contributed by atoms with Gasteiger partial charge < -0.3 is 10.1 Å². The molecule has 1 N–H and O–H groups in total. The number of Topliss-reactive ketones (excluding diaryl/α,β-unsaturated/α-hetero) is 1. The van der Waals surface area contributed by atoms with Crippen LogP contribution in [-0.2, 0) is 9.53 Å². The van der Waals surface area contributed by atoms with E-state index in [9.17, 15) is 18.8 Å². The van der Waals surface area contributed by atoms with Gasteiger partial charge in [-0.2, -0.15) is 0 Å². The smallest absolute Gasteiger partial charge is 0.339 e. The third kappa shape index (κ3) is 5.13. The molecule has 0 unspecified atom stereocenters. The minimum absolute atomic E-state index is 0.00249. The van der Waals surface area contributed by atoms with Crippen molar-refractivity contribution < 1.29 is 23.5 Å². The molecule has 0 heterocycles. The van der Waals surface area contributed by atoms with Crippen molar-refractivity contribution in [3.8, 4) is 0 Å². The van der Waals surface area contributed by atoms with Crippen molar-refractivity contribution in [2.24, 2.45) is 0 Å². The lowest BCUT2D eigenvalue weighted by molar-refractivity contribution is -0.125. The number of anilines is 1. The minimum atomic E-state index is -1.26. The van der Waals surface area contributed by atoms with Crippen LogP contribution in [0.25, 0.3) is 0 Å². The van der Waals surface area contributed by atoms with Crippen LogP contribution in [0.4, 0.5) is 10.1 Å². The fourth-order valence-electron chi connectivity index (χ4n) is 2.72. The van der Waals surface area contributed by atoms with Crippen LogP contribution in [0.5, 0.6) is 0 Å². The number of esters is 1. The Kier molecular flexibility index (Phi) is 6.14. The molecule has 3 rings (SSSR count). The number of hydrogen-bond acceptors (Lipinski definition) is 4. The van der Waals surface area contributed by atoms with E-state index in [-0.39, 0.29) is 11.3 Å². The van der Waals surface area contributed by atoms with Crippen LogP contribution in [0.2, 0.25) is 0 Å².